The van der Waals surface area contributed by atoms with Crippen LogP contribution in [0.15, 0.2) is 164 Å². The fourth-order valence-electron chi connectivity index (χ4n) is 6.46. The number of thiophene rings is 1. The lowest BCUT2D eigenvalue weighted by Crippen LogP contribution is -2.00. The van der Waals surface area contributed by atoms with Gasteiger partial charge >= 0.3 is 0 Å². The van der Waals surface area contributed by atoms with Crippen LogP contribution in [-0.4, -0.2) is 15.0 Å². The fraction of sp³-hybridized carbons (Fsp3) is 0. The van der Waals surface area contributed by atoms with Gasteiger partial charge in [0.05, 0.1) is 0 Å². The minimum atomic E-state index is 0.663. The molecule has 0 aliphatic carbocycles. The third-order valence-electron chi connectivity index (χ3n) is 8.73. The Morgan fingerprint density at radius 2 is 0.957 bits per heavy atom. The van der Waals surface area contributed by atoms with Crippen LogP contribution >= 0.6 is 11.3 Å². The molecule has 9 rings (SSSR count). The molecule has 0 N–H and O–H groups in total. The van der Waals surface area contributed by atoms with Gasteiger partial charge in [0.15, 0.2) is 17.5 Å². The standard InChI is InChI=1S/C43H27N3S/c1-3-12-28(13-4-1)31-18-9-19-32(26-31)35-21-11-23-38-40(35)37-25-24-33(27-39(37)47-38)42-44-41(30-15-5-2-6-16-30)45-43(46-42)36-22-10-17-29-14-7-8-20-34(29)36/h1-27H. The highest BCUT2D eigenvalue weighted by Gasteiger charge is 2.17. The van der Waals surface area contributed by atoms with Crippen LogP contribution < -0.4 is 0 Å². The van der Waals surface area contributed by atoms with Crippen LogP contribution in [-0.2, 0) is 0 Å². The van der Waals surface area contributed by atoms with Crippen molar-refractivity contribution in [3.05, 3.63) is 164 Å². The molecule has 0 fully saturated rings. The normalized spacial score (nSPS) is 11.4. The topological polar surface area (TPSA) is 38.7 Å². The summed E-state index contributed by atoms with van der Waals surface area (Å²) >= 11 is 1.81. The van der Waals surface area contributed by atoms with Gasteiger partial charge in [-0.3, -0.25) is 0 Å². The van der Waals surface area contributed by atoms with E-state index in [4.69, 9.17) is 15.0 Å². The van der Waals surface area contributed by atoms with Crippen molar-refractivity contribution in [3.63, 3.8) is 0 Å². The minimum Gasteiger partial charge on any atom is -0.208 e. The van der Waals surface area contributed by atoms with Gasteiger partial charge in [-0.25, -0.2) is 15.0 Å². The summed E-state index contributed by atoms with van der Waals surface area (Å²) in [6, 6.07) is 57.5. The van der Waals surface area contributed by atoms with Gasteiger partial charge in [-0.2, -0.15) is 0 Å². The van der Waals surface area contributed by atoms with E-state index in [9.17, 15) is 0 Å². The van der Waals surface area contributed by atoms with Crippen LogP contribution in [0.25, 0.3) is 87.4 Å². The zero-order valence-corrected chi connectivity index (χ0v) is 26.2. The van der Waals surface area contributed by atoms with Gasteiger partial charge in [0, 0.05) is 36.9 Å². The highest BCUT2D eigenvalue weighted by atomic mass is 32.1. The molecule has 0 atom stereocenters. The number of hydrogen-bond donors (Lipinski definition) is 0. The van der Waals surface area contributed by atoms with Gasteiger partial charge in [0.25, 0.3) is 0 Å². The van der Waals surface area contributed by atoms with Crippen LogP contribution in [0, 0.1) is 0 Å². The molecule has 0 bridgehead atoms. The van der Waals surface area contributed by atoms with Crippen LogP contribution in [0.4, 0.5) is 0 Å². The molecule has 0 saturated heterocycles. The second kappa shape index (κ2) is 11.4. The third-order valence-corrected chi connectivity index (χ3v) is 9.85. The Labute approximate surface area is 276 Å². The Hall–Kier alpha value is -5.97. The van der Waals surface area contributed by atoms with Gasteiger partial charge in [0.1, 0.15) is 0 Å². The molecular weight excluding hydrogens is 591 g/mol. The zero-order chi connectivity index (χ0) is 31.2. The molecule has 0 saturated carbocycles. The van der Waals surface area contributed by atoms with E-state index in [0.29, 0.717) is 17.5 Å². The Bertz CT molecular complexity index is 2570. The zero-order valence-electron chi connectivity index (χ0n) is 25.3. The maximum absolute atomic E-state index is 5.10. The molecule has 7 aromatic carbocycles. The van der Waals surface area contributed by atoms with Crippen LogP contribution in [0.5, 0.6) is 0 Å². The van der Waals surface area contributed by atoms with Crippen molar-refractivity contribution >= 4 is 42.3 Å². The van der Waals surface area contributed by atoms with E-state index in [1.807, 2.05) is 29.5 Å². The third kappa shape index (κ3) is 4.96. The van der Waals surface area contributed by atoms with Gasteiger partial charge in [-0.15, -0.1) is 11.3 Å². The van der Waals surface area contributed by atoms with Crippen molar-refractivity contribution in [2.75, 3.05) is 0 Å². The van der Waals surface area contributed by atoms with Gasteiger partial charge < -0.3 is 0 Å². The summed E-state index contributed by atoms with van der Waals surface area (Å²) in [6.07, 6.45) is 0. The summed E-state index contributed by atoms with van der Waals surface area (Å²) in [5.41, 5.74) is 7.81. The first-order chi connectivity index (χ1) is 23.3. The van der Waals surface area contributed by atoms with Crippen molar-refractivity contribution in [1.82, 2.24) is 15.0 Å². The van der Waals surface area contributed by atoms with Crippen LogP contribution in [0.2, 0.25) is 0 Å². The summed E-state index contributed by atoms with van der Waals surface area (Å²) in [5.74, 6) is 2.00. The quantitative estimate of drug-likeness (QED) is 0.193. The first kappa shape index (κ1) is 27.3. The lowest BCUT2D eigenvalue weighted by Gasteiger charge is -2.10. The second-order valence-corrected chi connectivity index (χ2v) is 12.7. The van der Waals surface area contributed by atoms with E-state index in [0.717, 1.165) is 27.5 Å². The van der Waals surface area contributed by atoms with Crippen molar-refractivity contribution in [2.45, 2.75) is 0 Å². The first-order valence-electron chi connectivity index (χ1n) is 15.7. The predicted octanol–water partition coefficient (Wildman–Crippen LogP) is 11.7. The Morgan fingerprint density at radius 3 is 1.81 bits per heavy atom. The largest absolute Gasteiger partial charge is 0.208 e. The van der Waals surface area contributed by atoms with Crippen molar-refractivity contribution < 1.29 is 0 Å². The molecule has 0 amide bonds. The lowest BCUT2D eigenvalue weighted by atomic mass is 9.96. The molecule has 0 spiro atoms. The number of fused-ring (bicyclic) bond motifs is 4. The van der Waals surface area contributed by atoms with Gasteiger partial charge in [-0.05, 0) is 51.2 Å². The highest BCUT2D eigenvalue weighted by Crippen LogP contribution is 2.42. The smallest absolute Gasteiger partial charge is 0.164 e. The molecule has 2 heterocycles. The average Bonchev–Trinajstić information content (AvgIpc) is 3.53. The number of aromatic nitrogens is 3. The van der Waals surface area contributed by atoms with Crippen LogP contribution in [0.1, 0.15) is 0 Å². The SMILES string of the molecule is c1ccc(-c2cccc(-c3cccc4sc5cc(-c6nc(-c7ccccc7)nc(-c7cccc8ccccc78)n6)ccc5c34)c2)cc1. The number of hydrogen-bond acceptors (Lipinski definition) is 4. The summed E-state index contributed by atoms with van der Waals surface area (Å²) in [4.78, 5) is 15.1. The van der Waals surface area contributed by atoms with E-state index in [1.165, 1.54) is 42.4 Å². The molecular formula is C43H27N3S. The molecule has 9 aromatic rings. The van der Waals surface area contributed by atoms with Crippen molar-refractivity contribution in [3.8, 4) is 56.4 Å². The molecule has 220 valence electrons. The maximum Gasteiger partial charge on any atom is 0.164 e. The summed E-state index contributed by atoms with van der Waals surface area (Å²) in [6.45, 7) is 0. The van der Waals surface area contributed by atoms with Crippen LogP contribution in [0.3, 0.4) is 0 Å². The maximum atomic E-state index is 5.10. The highest BCUT2D eigenvalue weighted by molar-refractivity contribution is 7.26. The summed E-state index contributed by atoms with van der Waals surface area (Å²) < 4.78 is 2.47. The fourth-order valence-corrected chi connectivity index (χ4v) is 7.64. The summed E-state index contributed by atoms with van der Waals surface area (Å²) in [7, 11) is 0. The van der Waals surface area contributed by atoms with E-state index >= 15 is 0 Å². The molecule has 0 aliphatic rings. The van der Waals surface area contributed by atoms with Gasteiger partial charge in [0.2, 0.25) is 0 Å². The van der Waals surface area contributed by atoms with E-state index in [2.05, 4.69) is 146 Å². The number of rotatable bonds is 5. The Kier molecular flexibility index (Phi) is 6.65. The average molecular weight is 618 g/mol. The monoisotopic (exact) mass is 617 g/mol. The van der Waals surface area contributed by atoms with E-state index in [-0.39, 0.29) is 0 Å². The molecule has 0 aliphatic heterocycles. The Morgan fingerprint density at radius 1 is 0.340 bits per heavy atom. The lowest BCUT2D eigenvalue weighted by molar-refractivity contribution is 1.08. The van der Waals surface area contributed by atoms with Crippen molar-refractivity contribution in [1.29, 1.82) is 0 Å². The summed E-state index contributed by atoms with van der Waals surface area (Å²) in [5, 5.41) is 4.79. The molecule has 4 heteroatoms. The second-order valence-electron chi connectivity index (χ2n) is 11.6. The molecule has 47 heavy (non-hydrogen) atoms. The van der Waals surface area contributed by atoms with Gasteiger partial charge in [-0.1, -0.05) is 146 Å². The molecule has 3 nitrogen and oxygen atoms in total. The van der Waals surface area contributed by atoms with E-state index in [1.54, 1.807) is 0 Å². The van der Waals surface area contributed by atoms with Crippen molar-refractivity contribution in [2.24, 2.45) is 0 Å². The molecule has 2 aromatic heterocycles. The Balaban J connectivity index is 1.20. The number of nitrogens with zero attached hydrogens (tertiary/aromatic N) is 3. The predicted molar refractivity (Wildman–Crippen MR) is 197 cm³/mol. The molecule has 0 radical (unpaired) electrons. The van der Waals surface area contributed by atoms with E-state index < -0.39 is 0 Å². The first-order valence-corrected chi connectivity index (χ1v) is 16.5. The molecule has 0 unspecified atom stereocenters. The minimum absolute atomic E-state index is 0.663. The number of benzene rings is 7.